The molecule has 1 aromatic carbocycles. The molecule has 1 aliphatic carbocycles. The highest BCUT2D eigenvalue weighted by Gasteiger charge is 2.55. The predicted octanol–water partition coefficient (Wildman–Crippen LogP) is 4.07. The van der Waals surface area contributed by atoms with Gasteiger partial charge in [0.05, 0.1) is 6.07 Å². The fourth-order valence-electron chi connectivity index (χ4n) is 4.62. The third-order valence-corrected chi connectivity index (χ3v) is 5.55. The Morgan fingerprint density at radius 1 is 1.26 bits per heavy atom. The molecule has 3 nitrogen and oxygen atoms in total. The molecule has 1 fully saturated rings. The molecule has 2 unspecified atom stereocenters. The van der Waals surface area contributed by atoms with Gasteiger partial charge in [-0.05, 0) is 45.2 Å². The Bertz CT molecular complexity index is 692. The molecule has 1 aromatic rings. The van der Waals surface area contributed by atoms with Crippen LogP contribution in [0.3, 0.4) is 0 Å². The number of hydrogen-bond acceptors (Lipinski definition) is 3. The molecule has 0 aromatic heterocycles. The highest BCUT2D eigenvalue weighted by atomic mass is 16.1. The molecule has 3 heteroatoms. The standard InChI is InChI=1S/C20H26N2O/c1-18(2,3)22-13-20(15-8-6-7-9-16(15)22)10-14(11-21)17(23)19(4,5)12-20/h6-9,14H,10,12-13H2,1-5H3. The van der Waals surface area contributed by atoms with Crippen molar-refractivity contribution in [3.05, 3.63) is 29.8 Å². The Hall–Kier alpha value is -1.82. The fourth-order valence-corrected chi connectivity index (χ4v) is 4.62. The molecule has 2 atom stereocenters. The van der Waals surface area contributed by atoms with Crippen LogP contribution in [-0.4, -0.2) is 17.9 Å². The number of ketones is 1. The average molecular weight is 310 g/mol. The van der Waals surface area contributed by atoms with Crippen LogP contribution in [0, 0.1) is 22.7 Å². The van der Waals surface area contributed by atoms with E-state index in [2.05, 4.69) is 56.0 Å². The van der Waals surface area contributed by atoms with Gasteiger partial charge in [-0.3, -0.25) is 4.79 Å². The van der Waals surface area contributed by atoms with E-state index in [0.29, 0.717) is 6.42 Å². The Kier molecular flexibility index (Phi) is 3.38. The number of carbonyl (C=O) groups excluding carboxylic acids is 1. The van der Waals surface area contributed by atoms with Crippen molar-refractivity contribution in [2.75, 3.05) is 11.4 Å². The van der Waals surface area contributed by atoms with Gasteiger partial charge in [-0.15, -0.1) is 0 Å². The first-order valence-corrected chi connectivity index (χ1v) is 8.42. The van der Waals surface area contributed by atoms with Crippen LogP contribution in [0.15, 0.2) is 24.3 Å². The number of carbonyl (C=O) groups is 1. The van der Waals surface area contributed by atoms with E-state index < -0.39 is 11.3 Å². The zero-order valence-electron chi connectivity index (χ0n) is 14.8. The Morgan fingerprint density at radius 2 is 1.91 bits per heavy atom. The van der Waals surface area contributed by atoms with Gasteiger partial charge >= 0.3 is 0 Å². The summed E-state index contributed by atoms with van der Waals surface area (Å²) in [5.74, 6) is -0.385. The molecule has 1 saturated carbocycles. The first kappa shape index (κ1) is 16.1. The average Bonchev–Trinajstić information content (AvgIpc) is 2.77. The normalized spacial score (nSPS) is 29.5. The molecule has 23 heavy (non-hydrogen) atoms. The van der Waals surface area contributed by atoms with Crippen molar-refractivity contribution in [3.8, 4) is 6.07 Å². The number of fused-ring (bicyclic) bond motifs is 2. The summed E-state index contributed by atoms with van der Waals surface area (Å²) in [4.78, 5) is 15.0. The van der Waals surface area contributed by atoms with Crippen LogP contribution < -0.4 is 4.90 Å². The van der Waals surface area contributed by atoms with Gasteiger partial charge in [0.1, 0.15) is 5.92 Å². The maximum atomic E-state index is 12.6. The Morgan fingerprint density at radius 3 is 2.52 bits per heavy atom. The molecule has 3 rings (SSSR count). The zero-order chi connectivity index (χ0) is 17.0. The van der Waals surface area contributed by atoms with Gasteiger partial charge in [0.15, 0.2) is 5.78 Å². The molecule has 0 radical (unpaired) electrons. The predicted molar refractivity (Wildman–Crippen MR) is 92.3 cm³/mol. The summed E-state index contributed by atoms with van der Waals surface area (Å²) in [5.41, 5.74) is 2.06. The SMILES string of the molecule is CC1(C)CC2(CC(C#N)C1=O)CN(C(C)(C)C)c1ccccc12. The van der Waals surface area contributed by atoms with Crippen molar-refractivity contribution in [3.63, 3.8) is 0 Å². The van der Waals surface area contributed by atoms with Crippen molar-refractivity contribution < 1.29 is 4.79 Å². The van der Waals surface area contributed by atoms with Gasteiger partial charge in [-0.1, -0.05) is 32.0 Å². The minimum atomic E-state index is -0.494. The van der Waals surface area contributed by atoms with Crippen LogP contribution in [-0.2, 0) is 10.2 Å². The lowest BCUT2D eigenvalue weighted by molar-refractivity contribution is -0.134. The van der Waals surface area contributed by atoms with Crippen LogP contribution in [0.25, 0.3) is 0 Å². The number of nitriles is 1. The highest BCUT2D eigenvalue weighted by Crippen LogP contribution is 2.55. The van der Waals surface area contributed by atoms with Crippen LogP contribution in [0.2, 0.25) is 0 Å². The molecule has 1 heterocycles. The third-order valence-electron chi connectivity index (χ3n) is 5.55. The van der Waals surface area contributed by atoms with E-state index >= 15 is 0 Å². The smallest absolute Gasteiger partial charge is 0.155 e. The summed E-state index contributed by atoms with van der Waals surface area (Å²) in [6.07, 6.45) is 1.47. The lowest BCUT2D eigenvalue weighted by Crippen LogP contribution is -2.51. The number of nitrogens with zero attached hydrogens (tertiary/aromatic N) is 2. The summed E-state index contributed by atoms with van der Waals surface area (Å²) < 4.78 is 0. The van der Waals surface area contributed by atoms with Gasteiger partial charge in [-0.2, -0.15) is 5.26 Å². The van der Waals surface area contributed by atoms with Crippen molar-refractivity contribution in [1.29, 1.82) is 5.26 Å². The second-order valence-electron chi connectivity index (χ2n) is 8.87. The van der Waals surface area contributed by atoms with Crippen LogP contribution >= 0.6 is 0 Å². The lowest BCUT2D eigenvalue weighted by atomic mass is 9.58. The summed E-state index contributed by atoms with van der Waals surface area (Å²) >= 11 is 0. The summed E-state index contributed by atoms with van der Waals surface area (Å²) in [7, 11) is 0. The fraction of sp³-hybridized carbons (Fsp3) is 0.600. The monoisotopic (exact) mass is 310 g/mol. The van der Waals surface area contributed by atoms with E-state index in [1.54, 1.807) is 0 Å². The number of anilines is 1. The molecule has 1 spiro atoms. The van der Waals surface area contributed by atoms with E-state index in [-0.39, 0.29) is 16.7 Å². The second-order valence-corrected chi connectivity index (χ2v) is 8.87. The maximum absolute atomic E-state index is 12.6. The van der Waals surface area contributed by atoms with Gasteiger partial charge < -0.3 is 4.90 Å². The molecule has 0 N–H and O–H groups in total. The Labute approximate surface area is 139 Å². The van der Waals surface area contributed by atoms with Crippen LogP contribution in [0.4, 0.5) is 5.69 Å². The van der Waals surface area contributed by atoms with E-state index in [0.717, 1.165) is 13.0 Å². The van der Waals surface area contributed by atoms with Crippen molar-refractivity contribution in [2.24, 2.45) is 11.3 Å². The van der Waals surface area contributed by atoms with Gasteiger partial charge in [0.2, 0.25) is 0 Å². The number of hydrogen-bond donors (Lipinski definition) is 0. The molecule has 1 aliphatic heterocycles. The Balaban J connectivity index is 2.13. The minimum Gasteiger partial charge on any atom is -0.366 e. The van der Waals surface area contributed by atoms with Gasteiger partial charge in [0.25, 0.3) is 0 Å². The second kappa shape index (κ2) is 4.84. The minimum absolute atomic E-state index is 0.0212. The van der Waals surface area contributed by atoms with Crippen molar-refractivity contribution in [1.82, 2.24) is 0 Å². The van der Waals surface area contributed by atoms with E-state index in [1.807, 2.05) is 13.8 Å². The summed E-state index contributed by atoms with van der Waals surface area (Å²) in [5, 5.41) is 9.53. The zero-order valence-corrected chi connectivity index (χ0v) is 14.8. The molecule has 0 saturated heterocycles. The lowest BCUT2D eigenvalue weighted by Gasteiger charge is -2.45. The molecule has 122 valence electrons. The topological polar surface area (TPSA) is 44.1 Å². The van der Waals surface area contributed by atoms with Crippen LogP contribution in [0.1, 0.15) is 53.0 Å². The van der Waals surface area contributed by atoms with Crippen molar-refractivity contribution in [2.45, 2.75) is 58.4 Å². The quantitative estimate of drug-likeness (QED) is 0.725. The molecule has 0 amide bonds. The number of Topliss-reactive ketones (excluding diaryl/α,β-unsaturated/α-hetero) is 1. The van der Waals surface area contributed by atoms with E-state index in [4.69, 9.17) is 0 Å². The molecule has 0 bridgehead atoms. The maximum Gasteiger partial charge on any atom is 0.155 e. The molecular weight excluding hydrogens is 284 g/mol. The van der Waals surface area contributed by atoms with E-state index in [1.165, 1.54) is 11.3 Å². The van der Waals surface area contributed by atoms with Gasteiger partial charge in [0, 0.05) is 28.6 Å². The van der Waals surface area contributed by atoms with Crippen molar-refractivity contribution >= 4 is 11.5 Å². The summed E-state index contributed by atoms with van der Waals surface area (Å²) in [6, 6.07) is 10.8. The van der Waals surface area contributed by atoms with Crippen LogP contribution in [0.5, 0.6) is 0 Å². The number of para-hydroxylation sites is 1. The largest absolute Gasteiger partial charge is 0.366 e. The van der Waals surface area contributed by atoms with Gasteiger partial charge in [-0.25, -0.2) is 0 Å². The van der Waals surface area contributed by atoms with E-state index in [9.17, 15) is 10.1 Å². The highest BCUT2D eigenvalue weighted by molar-refractivity contribution is 5.90. The third kappa shape index (κ3) is 2.36. The number of benzene rings is 1. The molecular formula is C20H26N2O. The molecule has 2 aliphatic rings. The first-order valence-electron chi connectivity index (χ1n) is 8.42. The number of rotatable bonds is 0. The first-order chi connectivity index (χ1) is 10.6. The summed E-state index contributed by atoms with van der Waals surface area (Å²) in [6.45, 7) is 11.6.